The highest BCUT2D eigenvalue weighted by Gasteiger charge is 2.22. The van der Waals surface area contributed by atoms with E-state index in [0.717, 1.165) is 0 Å². The summed E-state index contributed by atoms with van der Waals surface area (Å²) in [6.45, 7) is 0.528. The van der Waals surface area contributed by atoms with Gasteiger partial charge in [0, 0.05) is 29.4 Å². The second-order valence-corrected chi connectivity index (χ2v) is 7.19. The Bertz CT molecular complexity index is 1270. The normalized spacial score (nSPS) is 14.0. The van der Waals surface area contributed by atoms with Gasteiger partial charge in [-0.05, 0) is 23.8 Å². The van der Waals surface area contributed by atoms with E-state index < -0.39 is 12.5 Å². The highest BCUT2D eigenvalue weighted by Crippen LogP contribution is 2.36. The van der Waals surface area contributed by atoms with Crippen LogP contribution in [0.25, 0.3) is 23.2 Å². The highest BCUT2D eigenvalue weighted by molar-refractivity contribution is 6.39. The number of aromatic amines is 1. The molecule has 0 unspecified atom stereocenters. The van der Waals surface area contributed by atoms with Crippen LogP contribution in [0.2, 0.25) is 10.0 Å². The van der Waals surface area contributed by atoms with Crippen molar-refractivity contribution in [3.63, 3.8) is 0 Å². The van der Waals surface area contributed by atoms with Crippen LogP contribution >= 0.6 is 23.2 Å². The van der Waals surface area contributed by atoms with E-state index >= 15 is 0 Å². The molecule has 1 aromatic carbocycles. The van der Waals surface area contributed by atoms with Crippen LogP contribution in [0.1, 0.15) is 11.7 Å². The Hall–Kier alpha value is -2.68. The number of aromatic nitrogens is 2. The third-order valence-corrected chi connectivity index (χ3v) is 5.14. The van der Waals surface area contributed by atoms with Gasteiger partial charge >= 0.3 is 0 Å². The van der Waals surface area contributed by atoms with Gasteiger partial charge in [-0.3, -0.25) is 4.79 Å². The van der Waals surface area contributed by atoms with E-state index in [1.807, 2.05) is 6.08 Å². The number of H-pyrrole nitrogens is 1. The van der Waals surface area contributed by atoms with Crippen molar-refractivity contribution in [1.82, 2.24) is 15.3 Å². The number of anilines is 2. The molecule has 0 radical (unpaired) electrons. The molecule has 4 N–H and O–H groups in total. The molecule has 6 nitrogen and oxygen atoms in total. The number of aliphatic hydroxyl groups is 1. The zero-order valence-corrected chi connectivity index (χ0v) is 16.2. The molecule has 29 heavy (non-hydrogen) atoms. The van der Waals surface area contributed by atoms with Crippen LogP contribution in [0, 0.1) is 0 Å². The van der Waals surface area contributed by atoms with Crippen molar-refractivity contribution in [3.05, 3.63) is 60.8 Å². The first-order chi connectivity index (χ1) is 13.9. The predicted octanol–water partition coefficient (Wildman–Crippen LogP) is 2.39. The lowest BCUT2D eigenvalue weighted by atomic mass is 10.1. The van der Waals surface area contributed by atoms with Gasteiger partial charge in [-0.2, -0.15) is 0 Å². The minimum absolute atomic E-state index is 0.0478. The molecule has 0 saturated carbocycles. The van der Waals surface area contributed by atoms with E-state index in [9.17, 15) is 18.7 Å². The van der Waals surface area contributed by atoms with Crippen molar-refractivity contribution in [2.24, 2.45) is 0 Å². The van der Waals surface area contributed by atoms with E-state index in [-0.39, 0.29) is 26.9 Å². The van der Waals surface area contributed by atoms with Crippen molar-refractivity contribution in [3.8, 4) is 0 Å². The first-order valence-electron chi connectivity index (χ1n) is 8.54. The SMILES string of the molecule is O=c1[nH]ccc2nc(Nc3c(Cl)cc([C@@H](O)C(F)F)cc3Cl)c3c(c12)=CNCC=3. The molecule has 0 saturated heterocycles. The van der Waals surface area contributed by atoms with Crippen LogP contribution in [0.3, 0.4) is 0 Å². The molecule has 1 aliphatic rings. The Morgan fingerprint density at radius 2 is 1.93 bits per heavy atom. The van der Waals surface area contributed by atoms with Gasteiger partial charge < -0.3 is 20.7 Å². The summed E-state index contributed by atoms with van der Waals surface area (Å²) in [7, 11) is 0. The molecule has 0 fully saturated rings. The van der Waals surface area contributed by atoms with E-state index in [1.54, 1.807) is 12.3 Å². The summed E-state index contributed by atoms with van der Waals surface area (Å²) in [6, 6.07) is 4.11. The molecule has 1 atom stereocenters. The van der Waals surface area contributed by atoms with Crippen molar-refractivity contribution >= 4 is 57.9 Å². The minimum Gasteiger partial charge on any atom is -0.387 e. The van der Waals surface area contributed by atoms with Crippen molar-refractivity contribution in [2.75, 3.05) is 11.9 Å². The van der Waals surface area contributed by atoms with Crippen LogP contribution in [-0.2, 0) is 0 Å². The first-order valence-corrected chi connectivity index (χ1v) is 9.30. The molecule has 0 bridgehead atoms. The van der Waals surface area contributed by atoms with Crippen LogP contribution in [-0.4, -0.2) is 28.0 Å². The van der Waals surface area contributed by atoms with E-state index in [0.29, 0.717) is 33.7 Å². The monoisotopic (exact) mass is 438 g/mol. The molecule has 4 rings (SSSR count). The molecule has 3 heterocycles. The molecule has 150 valence electrons. The number of alkyl halides is 2. The van der Waals surface area contributed by atoms with Crippen LogP contribution in [0.15, 0.2) is 29.2 Å². The smallest absolute Gasteiger partial charge is 0.268 e. The zero-order valence-electron chi connectivity index (χ0n) is 14.6. The Morgan fingerprint density at radius 1 is 1.21 bits per heavy atom. The van der Waals surface area contributed by atoms with Gasteiger partial charge in [-0.15, -0.1) is 0 Å². The molecule has 2 aromatic heterocycles. The van der Waals surface area contributed by atoms with E-state index in [2.05, 4.69) is 20.6 Å². The molecular formula is C19H14Cl2F2N4O2. The van der Waals surface area contributed by atoms with Crippen LogP contribution in [0.4, 0.5) is 20.3 Å². The van der Waals surface area contributed by atoms with E-state index in [4.69, 9.17) is 23.2 Å². The summed E-state index contributed by atoms with van der Waals surface area (Å²) < 4.78 is 25.6. The predicted molar refractivity (Wildman–Crippen MR) is 109 cm³/mol. The third-order valence-electron chi connectivity index (χ3n) is 4.54. The fourth-order valence-electron chi connectivity index (χ4n) is 3.19. The summed E-state index contributed by atoms with van der Waals surface area (Å²) in [5, 5.41) is 17.5. The van der Waals surface area contributed by atoms with Gasteiger partial charge in [0.25, 0.3) is 12.0 Å². The summed E-state index contributed by atoms with van der Waals surface area (Å²) >= 11 is 12.5. The zero-order chi connectivity index (χ0) is 20.7. The third kappa shape index (κ3) is 3.55. The average molecular weight is 439 g/mol. The Balaban J connectivity index is 1.87. The van der Waals surface area contributed by atoms with Gasteiger partial charge in [-0.25, -0.2) is 13.8 Å². The number of nitrogens with one attached hydrogen (secondary N) is 3. The quantitative estimate of drug-likeness (QED) is 0.502. The fraction of sp³-hybridized carbons (Fsp3) is 0.158. The van der Waals surface area contributed by atoms with Gasteiger partial charge in [-0.1, -0.05) is 29.3 Å². The maximum absolute atomic E-state index is 12.8. The summed E-state index contributed by atoms with van der Waals surface area (Å²) in [5.74, 6) is 0.404. The Labute approximate surface area is 172 Å². The van der Waals surface area contributed by atoms with Crippen molar-refractivity contribution < 1.29 is 13.9 Å². The molecule has 1 aliphatic heterocycles. The summed E-state index contributed by atoms with van der Waals surface area (Å²) in [4.78, 5) is 19.4. The van der Waals surface area contributed by atoms with Gasteiger partial charge in [0.2, 0.25) is 0 Å². The first kappa shape index (κ1) is 19.6. The number of benzene rings is 1. The van der Waals surface area contributed by atoms with Crippen molar-refractivity contribution in [2.45, 2.75) is 12.5 Å². The molecule has 0 spiro atoms. The maximum Gasteiger partial charge on any atom is 0.268 e. The Morgan fingerprint density at radius 3 is 2.62 bits per heavy atom. The van der Waals surface area contributed by atoms with Crippen LogP contribution < -0.4 is 26.6 Å². The Kier molecular flexibility index (Phi) is 5.16. The lowest BCUT2D eigenvalue weighted by molar-refractivity contribution is -0.00576. The van der Waals surface area contributed by atoms with Gasteiger partial charge in [0.05, 0.1) is 26.6 Å². The topological polar surface area (TPSA) is 90.0 Å². The highest BCUT2D eigenvalue weighted by atomic mass is 35.5. The van der Waals surface area contributed by atoms with Crippen LogP contribution in [0.5, 0.6) is 0 Å². The van der Waals surface area contributed by atoms with Crippen molar-refractivity contribution in [1.29, 1.82) is 0 Å². The largest absolute Gasteiger partial charge is 0.387 e. The van der Waals surface area contributed by atoms with Gasteiger partial charge in [0.15, 0.2) is 0 Å². The molecular weight excluding hydrogens is 425 g/mol. The molecule has 3 aromatic rings. The minimum atomic E-state index is -2.97. The number of hydrogen-bond acceptors (Lipinski definition) is 5. The number of pyridine rings is 2. The fourth-order valence-corrected chi connectivity index (χ4v) is 3.78. The lowest BCUT2D eigenvalue weighted by Crippen LogP contribution is -2.38. The lowest BCUT2D eigenvalue weighted by Gasteiger charge is -2.16. The number of nitrogens with zero attached hydrogens (tertiary/aromatic N) is 1. The molecule has 0 amide bonds. The summed E-state index contributed by atoms with van der Waals surface area (Å²) in [5.41, 5.74) is 0.349. The van der Waals surface area contributed by atoms with Gasteiger partial charge in [0.1, 0.15) is 11.9 Å². The number of halogens is 4. The van der Waals surface area contributed by atoms with E-state index in [1.165, 1.54) is 18.3 Å². The summed E-state index contributed by atoms with van der Waals surface area (Å²) in [6.07, 6.45) is 0.115. The number of rotatable bonds is 4. The number of aliphatic hydroxyl groups excluding tert-OH is 1. The molecule has 10 heteroatoms. The second-order valence-electron chi connectivity index (χ2n) is 6.38. The average Bonchev–Trinajstić information content (AvgIpc) is 2.69. The number of fused-ring (bicyclic) bond motifs is 3. The maximum atomic E-state index is 12.8. The standard InChI is InChI=1S/C19H14Cl2F2N4O2/c20-11-5-8(16(28)17(22)23)6-12(21)15(11)27-18-9-1-3-24-7-10(9)14-13(26-18)2-4-25-19(14)29/h1-2,4-7,16-17,24,28H,3H2,(H,25,29)(H,26,27)/t16-/m1/s1. The second kappa shape index (κ2) is 7.62. The molecule has 0 aliphatic carbocycles. The number of hydrogen-bond donors (Lipinski definition) is 4.